The molecule has 1 aliphatic rings. The lowest BCUT2D eigenvalue weighted by atomic mass is 10.1. The van der Waals surface area contributed by atoms with Crippen molar-refractivity contribution in [1.29, 1.82) is 0 Å². The third-order valence-corrected chi connectivity index (χ3v) is 2.94. The molecule has 1 amide bonds. The van der Waals surface area contributed by atoms with Crippen LogP contribution in [-0.2, 0) is 9.53 Å². The lowest BCUT2D eigenvalue weighted by molar-refractivity contribution is -0.133. The zero-order chi connectivity index (χ0) is 13.1. The Bertz CT molecular complexity index is 264. The van der Waals surface area contributed by atoms with Crippen molar-refractivity contribution in [2.24, 2.45) is 0 Å². The molecular formula is C13H26N2O2. The van der Waals surface area contributed by atoms with Crippen LogP contribution in [0.15, 0.2) is 0 Å². The molecule has 0 saturated carbocycles. The fraction of sp³-hybridized carbons (Fsp3) is 0.923. The standard InChI is InChI=1S/C13H26N2O2/c1-6-17-13(4,5)9-15-8-7-11(12(15)16)14-10(2)3/h10-11,14H,6-9H2,1-5H3. The van der Waals surface area contributed by atoms with Crippen molar-refractivity contribution < 1.29 is 9.53 Å². The van der Waals surface area contributed by atoms with E-state index in [1.165, 1.54) is 0 Å². The fourth-order valence-corrected chi connectivity index (χ4v) is 2.35. The number of nitrogens with zero attached hydrogens (tertiary/aromatic N) is 1. The second kappa shape index (κ2) is 5.83. The molecule has 0 aromatic carbocycles. The Balaban J connectivity index is 2.50. The molecule has 1 N–H and O–H groups in total. The van der Waals surface area contributed by atoms with Gasteiger partial charge in [0.25, 0.3) is 0 Å². The van der Waals surface area contributed by atoms with Crippen molar-refractivity contribution in [3.05, 3.63) is 0 Å². The maximum absolute atomic E-state index is 12.1. The second-order valence-electron chi connectivity index (χ2n) is 5.62. The fourth-order valence-electron chi connectivity index (χ4n) is 2.35. The SMILES string of the molecule is CCOC(C)(C)CN1CCC(NC(C)C)C1=O. The van der Waals surface area contributed by atoms with Gasteiger partial charge < -0.3 is 15.0 Å². The summed E-state index contributed by atoms with van der Waals surface area (Å²) in [5, 5.41) is 3.31. The summed E-state index contributed by atoms with van der Waals surface area (Å²) >= 11 is 0. The molecule has 100 valence electrons. The Hall–Kier alpha value is -0.610. The summed E-state index contributed by atoms with van der Waals surface area (Å²) < 4.78 is 5.64. The first kappa shape index (κ1) is 14.5. The van der Waals surface area contributed by atoms with Crippen molar-refractivity contribution in [2.75, 3.05) is 19.7 Å². The number of hydrogen-bond acceptors (Lipinski definition) is 3. The first-order chi connectivity index (χ1) is 7.85. The van der Waals surface area contributed by atoms with Gasteiger partial charge in [0, 0.05) is 25.7 Å². The van der Waals surface area contributed by atoms with Crippen LogP contribution in [0.2, 0.25) is 0 Å². The number of carbonyl (C=O) groups is 1. The summed E-state index contributed by atoms with van der Waals surface area (Å²) in [6.07, 6.45) is 0.902. The number of nitrogens with one attached hydrogen (secondary N) is 1. The molecule has 17 heavy (non-hydrogen) atoms. The number of amides is 1. The smallest absolute Gasteiger partial charge is 0.239 e. The van der Waals surface area contributed by atoms with Crippen LogP contribution in [0.1, 0.15) is 41.0 Å². The van der Waals surface area contributed by atoms with Crippen LogP contribution in [0, 0.1) is 0 Å². The average Bonchev–Trinajstić information content (AvgIpc) is 2.48. The first-order valence-corrected chi connectivity index (χ1v) is 6.54. The second-order valence-corrected chi connectivity index (χ2v) is 5.62. The highest BCUT2D eigenvalue weighted by atomic mass is 16.5. The predicted molar refractivity (Wildman–Crippen MR) is 69.0 cm³/mol. The predicted octanol–water partition coefficient (Wildman–Crippen LogP) is 1.40. The average molecular weight is 242 g/mol. The summed E-state index contributed by atoms with van der Waals surface area (Å²) in [4.78, 5) is 14.0. The minimum atomic E-state index is -0.253. The Morgan fingerprint density at radius 1 is 1.53 bits per heavy atom. The van der Waals surface area contributed by atoms with Gasteiger partial charge in [-0.25, -0.2) is 0 Å². The molecule has 1 rings (SSSR count). The van der Waals surface area contributed by atoms with Crippen LogP contribution < -0.4 is 5.32 Å². The number of likely N-dealkylation sites (tertiary alicyclic amines) is 1. The normalized spacial score (nSPS) is 21.6. The molecule has 1 unspecified atom stereocenters. The summed E-state index contributed by atoms with van der Waals surface area (Å²) in [5.41, 5.74) is -0.253. The van der Waals surface area contributed by atoms with Crippen molar-refractivity contribution in [2.45, 2.75) is 58.7 Å². The van der Waals surface area contributed by atoms with Crippen LogP contribution in [-0.4, -0.2) is 48.2 Å². The van der Waals surface area contributed by atoms with E-state index in [0.717, 1.165) is 13.0 Å². The van der Waals surface area contributed by atoms with Gasteiger partial charge in [0.15, 0.2) is 0 Å². The van der Waals surface area contributed by atoms with Gasteiger partial charge in [0.1, 0.15) is 0 Å². The van der Waals surface area contributed by atoms with Crippen LogP contribution in [0.3, 0.4) is 0 Å². The monoisotopic (exact) mass is 242 g/mol. The van der Waals surface area contributed by atoms with Gasteiger partial charge in [-0.05, 0) is 27.2 Å². The topological polar surface area (TPSA) is 41.6 Å². The molecule has 4 heteroatoms. The van der Waals surface area contributed by atoms with E-state index in [1.54, 1.807) is 0 Å². The molecule has 0 spiro atoms. The van der Waals surface area contributed by atoms with E-state index in [4.69, 9.17) is 4.74 Å². The van der Waals surface area contributed by atoms with Crippen LogP contribution in [0.25, 0.3) is 0 Å². The molecule has 1 fully saturated rings. The van der Waals surface area contributed by atoms with E-state index in [9.17, 15) is 4.79 Å². The molecule has 0 aromatic rings. The number of ether oxygens (including phenoxy) is 1. The molecule has 1 saturated heterocycles. The van der Waals surface area contributed by atoms with E-state index in [2.05, 4.69) is 19.2 Å². The minimum absolute atomic E-state index is 0.00701. The maximum atomic E-state index is 12.1. The lowest BCUT2D eigenvalue weighted by Gasteiger charge is -2.30. The minimum Gasteiger partial charge on any atom is -0.374 e. The van der Waals surface area contributed by atoms with E-state index >= 15 is 0 Å². The molecule has 1 aliphatic heterocycles. The highest BCUT2D eigenvalue weighted by molar-refractivity contribution is 5.84. The van der Waals surface area contributed by atoms with Gasteiger partial charge in [-0.15, -0.1) is 0 Å². The third-order valence-electron chi connectivity index (χ3n) is 2.94. The number of carbonyl (C=O) groups excluding carboxylic acids is 1. The Kier molecular flexibility index (Phi) is 4.95. The van der Waals surface area contributed by atoms with E-state index in [0.29, 0.717) is 19.2 Å². The summed E-state index contributed by atoms with van der Waals surface area (Å²) in [5.74, 6) is 0.214. The molecule has 0 radical (unpaired) electrons. The number of hydrogen-bond donors (Lipinski definition) is 1. The van der Waals surface area contributed by atoms with Crippen molar-refractivity contribution >= 4 is 5.91 Å². The summed E-state index contributed by atoms with van der Waals surface area (Å²) in [6, 6.07) is 0.344. The van der Waals surface area contributed by atoms with Crippen molar-refractivity contribution in [3.8, 4) is 0 Å². The van der Waals surface area contributed by atoms with Crippen LogP contribution in [0.5, 0.6) is 0 Å². The highest BCUT2D eigenvalue weighted by Gasteiger charge is 2.35. The van der Waals surface area contributed by atoms with Crippen LogP contribution >= 0.6 is 0 Å². The van der Waals surface area contributed by atoms with E-state index in [-0.39, 0.29) is 17.6 Å². The van der Waals surface area contributed by atoms with Gasteiger partial charge in [-0.3, -0.25) is 4.79 Å². The summed E-state index contributed by atoms with van der Waals surface area (Å²) in [7, 11) is 0. The molecule has 4 nitrogen and oxygen atoms in total. The van der Waals surface area contributed by atoms with Gasteiger partial charge >= 0.3 is 0 Å². The quantitative estimate of drug-likeness (QED) is 0.765. The summed E-state index contributed by atoms with van der Waals surface area (Å²) in [6.45, 7) is 12.4. The third kappa shape index (κ3) is 4.28. The number of rotatable bonds is 6. The zero-order valence-electron chi connectivity index (χ0n) is 11.7. The van der Waals surface area contributed by atoms with Gasteiger partial charge in [0.05, 0.1) is 11.6 Å². The Labute approximate surface area is 105 Å². The highest BCUT2D eigenvalue weighted by Crippen LogP contribution is 2.18. The lowest BCUT2D eigenvalue weighted by Crippen LogP contribution is -2.46. The molecule has 0 aromatic heterocycles. The van der Waals surface area contributed by atoms with E-state index < -0.39 is 0 Å². The Morgan fingerprint density at radius 3 is 2.71 bits per heavy atom. The zero-order valence-corrected chi connectivity index (χ0v) is 11.7. The van der Waals surface area contributed by atoms with Crippen LogP contribution in [0.4, 0.5) is 0 Å². The maximum Gasteiger partial charge on any atom is 0.239 e. The molecular weight excluding hydrogens is 216 g/mol. The molecule has 0 bridgehead atoms. The first-order valence-electron chi connectivity index (χ1n) is 6.54. The Morgan fingerprint density at radius 2 is 2.18 bits per heavy atom. The van der Waals surface area contributed by atoms with Gasteiger partial charge in [0.2, 0.25) is 5.91 Å². The van der Waals surface area contributed by atoms with E-state index in [1.807, 2.05) is 25.7 Å². The van der Waals surface area contributed by atoms with Gasteiger partial charge in [-0.1, -0.05) is 13.8 Å². The molecule has 0 aliphatic carbocycles. The van der Waals surface area contributed by atoms with Crippen molar-refractivity contribution in [1.82, 2.24) is 10.2 Å². The van der Waals surface area contributed by atoms with Gasteiger partial charge in [-0.2, -0.15) is 0 Å². The van der Waals surface area contributed by atoms with Crippen molar-refractivity contribution in [3.63, 3.8) is 0 Å². The largest absolute Gasteiger partial charge is 0.374 e. The molecule has 1 heterocycles. The molecule has 1 atom stereocenters.